The van der Waals surface area contributed by atoms with Gasteiger partial charge in [0, 0.05) is 7.05 Å². The summed E-state index contributed by atoms with van der Waals surface area (Å²) in [5, 5.41) is 15.2. The van der Waals surface area contributed by atoms with Crippen LogP contribution in [0, 0.1) is 0 Å². The maximum atomic E-state index is 11.9. The van der Waals surface area contributed by atoms with Crippen molar-refractivity contribution in [3.05, 3.63) is 11.9 Å². The summed E-state index contributed by atoms with van der Waals surface area (Å²) in [5.74, 6) is 0. The highest BCUT2D eigenvalue weighted by Gasteiger charge is 2.41. The monoisotopic (exact) mass is 181 g/mol. The smallest absolute Gasteiger partial charge is 0.378 e. The molecule has 1 rings (SSSR count). The van der Waals surface area contributed by atoms with Crippen molar-refractivity contribution in [3.8, 4) is 0 Å². The van der Waals surface area contributed by atoms with Gasteiger partial charge in [-0.15, -0.1) is 5.10 Å². The molecule has 1 heterocycles. The molecule has 0 aromatic carbocycles. The molecule has 1 unspecified atom stereocenters. The highest BCUT2D eigenvalue weighted by Crippen LogP contribution is 2.31. The minimum absolute atomic E-state index is 0.373. The molecule has 0 amide bonds. The molecule has 0 bridgehead atoms. The van der Waals surface area contributed by atoms with Crippen molar-refractivity contribution < 1.29 is 18.3 Å². The van der Waals surface area contributed by atoms with Gasteiger partial charge in [-0.3, -0.25) is 0 Å². The van der Waals surface area contributed by atoms with Gasteiger partial charge in [-0.25, -0.2) is 4.68 Å². The van der Waals surface area contributed by atoms with Gasteiger partial charge in [-0.2, -0.15) is 13.2 Å². The first-order valence-electron chi connectivity index (χ1n) is 3.02. The van der Waals surface area contributed by atoms with E-state index in [9.17, 15) is 13.2 Å². The lowest BCUT2D eigenvalue weighted by Crippen LogP contribution is -2.22. The van der Waals surface area contributed by atoms with E-state index in [2.05, 4.69) is 10.3 Å². The van der Waals surface area contributed by atoms with Crippen molar-refractivity contribution in [3.63, 3.8) is 0 Å². The van der Waals surface area contributed by atoms with Gasteiger partial charge >= 0.3 is 6.18 Å². The molecule has 0 aliphatic heterocycles. The maximum Gasteiger partial charge on any atom is 0.420 e. The summed E-state index contributed by atoms with van der Waals surface area (Å²) < 4.78 is 36.5. The second kappa shape index (κ2) is 2.74. The number of aliphatic hydroxyl groups is 1. The molecule has 0 saturated heterocycles. The molecule has 0 aliphatic carbocycles. The standard InChI is InChI=1S/C5H6F3N3O/c1-11-3(2-9-10-11)4(12)5(6,7)8/h2,4,12H,1H3. The Labute approximate surface area is 65.6 Å². The van der Waals surface area contributed by atoms with E-state index in [1.54, 1.807) is 0 Å². The average molecular weight is 181 g/mol. The summed E-state index contributed by atoms with van der Waals surface area (Å²) in [5.41, 5.74) is -0.373. The van der Waals surface area contributed by atoms with Crippen LogP contribution < -0.4 is 0 Å². The number of aliphatic hydroxyl groups excluding tert-OH is 1. The number of aryl methyl sites for hydroxylation is 1. The highest BCUT2D eigenvalue weighted by atomic mass is 19.4. The third kappa shape index (κ3) is 1.55. The van der Waals surface area contributed by atoms with Gasteiger partial charge in [0.25, 0.3) is 0 Å². The quantitative estimate of drug-likeness (QED) is 0.682. The molecule has 0 saturated carbocycles. The molecule has 1 N–H and O–H groups in total. The van der Waals surface area contributed by atoms with Gasteiger partial charge in [0.05, 0.1) is 11.9 Å². The van der Waals surface area contributed by atoms with Gasteiger partial charge in [-0.1, -0.05) is 5.21 Å². The lowest BCUT2D eigenvalue weighted by atomic mass is 10.2. The van der Waals surface area contributed by atoms with E-state index in [1.807, 2.05) is 0 Å². The van der Waals surface area contributed by atoms with E-state index in [1.165, 1.54) is 7.05 Å². The Morgan fingerprint density at radius 3 is 2.50 bits per heavy atom. The second-order valence-corrected chi connectivity index (χ2v) is 2.23. The molecule has 1 aromatic heterocycles. The van der Waals surface area contributed by atoms with Gasteiger partial charge < -0.3 is 5.11 Å². The predicted molar refractivity (Wildman–Crippen MR) is 32.0 cm³/mol. The van der Waals surface area contributed by atoms with Crippen LogP contribution in [0.2, 0.25) is 0 Å². The normalized spacial score (nSPS) is 14.8. The van der Waals surface area contributed by atoms with Crippen molar-refractivity contribution in [1.29, 1.82) is 0 Å². The molecule has 0 spiro atoms. The third-order valence-corrected chi connectivity index (χ3v) is 1.34. The summed E-state index contributed by atoms with van der Waals surface area (Å²) in [6, 6.07) is 0. The zero-order valence-corrected chi connectivity index (χ0v) is 6.08. The minimum Gasteiger partial charge on any atom is -0.378 e. The van der Waals surface area contributed by atoms with Gasteiger partial charge in [0.1, 0.15) is 0 Å². The van der Waals surface area contributed by atoms with Crippen molar-refractivity contribution >= 4 is 0 Å². The summed E-state index contributed by atoms with van der Waals surface area (Å²) in [4.78, 5) is 0. The lowest BCUT2D eigenvalue weighted by Gasteiger charge is -2.13. The van der Waals surface area contributed by atoms with E-state index in [4.69, 9.17) is 5.11 Å². The summed E-state index contributed by atoms with van der Waals surface area (Å²) in [7, 11) is 1.28. The van der Waals surface area contributed by atoms with Crippen LogP contribution in [-0.2, 0) is 7.05 Å². The summed E-state index contributed by atoms with van der Waals surface area (Å²) in [6.45, 7) is 0. The van der Waals surface area contributed by atoms with E-state index in [-0.39, 0.29) is 5.69 Å². The number of hydrogen-bond acceptors (Lipinski definition) is 3. The first-order valence-corrected chi connectivity index (χ1v) is 3.02. The molecule has 4 nitrogen and oxygen atoms in total. The van der Waals surface area contributed by atoms with Crippen LogP contribution in [0.5, 0.6) is 0 Å². The second-order valence-electron chi connectivity index (χ2n) is 2.23. The fraction of sp³-hybridized carbons (Fsp3) is 0.600. The Hall–Kier alpha value is -1.11. The predicted octanol–water partition coefficient (Wildman–Crippen LogP) is 0.411. The Bertz CT molecular complexity index is 269. The number of halogens is 3. The van der Waals surface area contributed by atoms with Crippen LogP contribution in [0.1, 0.15) is 11.8 Å². The average Bonchev–Trinajstić information content (AvgIpc) is 2.31. The Balaban J connectivity index is 2.92. The number of hydrogen-bond donors (Lipinski definition) is 1. The lowest BCUT2D eigenvalue weighted by molar-refractivity contribution is -0.208. The topological polar surface area (TPSA) is 50.9 Å². The third-order valence-electron chi connectivity index (χ3n) is 1.34. The number of aromatic nitrogens is 3. The molecule has 0 radical (unpaired) electrons. The maximum absolute atomic E-state index is 11.9. The molecule has 0 aliphatic rings. The van der Waals surface area contributed by atoms with Crippen LogP contribution in [0.4, 0.5) is 13.2 Å². The van der Waals surface area contributed by atoms with Crippen molar-refractivity contribution in [2.75, 3.05) is 0 Å². The van der Waals surface area contributed by atoms with Crippen LogP contribution in [0.3, 0.4) is 0 Å². The SMILES string of the molecule is Cn1nncc1C(O)C(F)(F)F. The minimum atomic E-state index is -4.67. The molecule has 12 heavy (non-hydrogen) atoms. The van der Waals surface area contributed by atoms with E-state index in [0.717, 1.165) is 10.9 Å². The molecule has 7 heteroatoms. The molecule has 0 fully saturated rings. The first-order chi connectivity index (χ1) is 5.43. The number of rotatable bonds is 1. The van der Waals surface area contributed by atoms with Crippen molar-refractivity contribution in [2.45, 2.75) is 12.3 Å². The largest absolute Gasteiger partial charge is 0.420 e. The van der Waals surface area contributed by atoms with Crippen LogP contribution in [0.15, 0.2) is 6.20 Å². The van der Waals surface area contributed by atoms with Crippen LogP contribution >= 0.6 is 0 Å². The van der Waals surface area contributed by atoms with Gasteiger partial charge in [-0.05, 0) is 0 Å². The molecule has 68 valence electrons. The van der Waals surface area contributed by atoms with Gasteiger partial charge in [0.2, 0.25) is 0 Å². The Morgan fingerprint density at radius 2 is 2.17 bits per heavy atom. The molecular weight excluding hydrogens is 175 g/mol. The highest BCUT2D eigenvalue weighted by molar-refractivity contribution is 5.00. The first kappa shape index (κ1) is 8.98. The number of alkyl halides is 3. The summed E-state index contributed by atoms with van der Waals surface area (Å²) in [6.07, 6.45) is -6.31. The van der Waals surface area contributed by atoms with Gasteiger partial charge in [0.15, 0.2) is 6.10 Å². The van der Waals surface area contributed by atoms with Crippen LogP contribution in [0.25, 0.3) is 0 Å². The Morgan fingerprint density at radius 1 is 1.58 bits per heavy atom. The Kier molecular flexibility index (Phi) is 2.05. The fourth-order valence-electron chi connectivity index (χ4n) is 0.713. The van der Waals surface area contributed by atoms with Crippen LogP contribution in [-0.4, -0.2) is 26.3 Å². The molecule has 1 atom stereocenters. The fourth-order valence-corrected chi connectivity index (χ4v) is 0.713. The molecule has 1 aromatic rings. The van der Waals surface area contributed by atoms with E-state index >= 15 is 0 Å². The molecular formula is C5H6F3N3O. The summed E-state index contributed by atoms with van der Waals surface area (Å²) >= 11 is 0. The number of nitrogens with zero attached hydrogens (tertiary/aromatic N) is 3. The zero-order valence-electron chi connectivity index (χ0n) is 6.08. The zero-order chi connectivity index (χ0) is 9.35. The van der Waals surface area contributed by atoms with E-state index < -0.39 is 12.3 Å². The van der Waals surface area contributed by atoms with Crippen molar-refractivity contribution in [1.82, 2.24) is 15.0 Å². The van der Waals surface area contributed by atoms with E-state index in [0.29, 0.717) is 0 Å². The van der Waals surface area contributed by atoms with Crippen molar-refractivity contribution in [2.24, 2.45) is 7.05 Å².